The lowest BCUT2D eigenvalue weighted by Gasteiger charge is -2.35. The van der Waals surface area contributed by atoms with Gasteiger partial charge in [-0.15, -0.1) is 0 Å². The summed E-state index contributed by atoms with van der Waals surface area (Å²) in [5.74, 6) is -7.70. The standard InChI is InChI=1S/C70H92F2N4O17/c1-44(57(77)74(11)54(42-68(8,9)72)61(81)92-56(62(82)88-43-48-17-15-14-16-18-48)40-47-21-25-50(26-22-47)52-29-37-87-38-30-52)89-63(83)69(31-32-69)75(12)59(79)55(39-46-19-23-49(24-20-46)51-27-35-86-36-28-51)91-60(80)53(41-67(6,7)71)73(10)58(78)45(2)90-64(84)70(33-34-70)76(13)65(85)93-66(3,4)5/h14-26,29,44-45,51,53-56H,27-28,30-43H2,1-13H3/t44-,45-,53+,54-,55-,56?/m1/s1. The molecule has 4 aliphatic rings. The summed E-state index contributed by atoms with van der Waals surface area (Å²) in [7, 11) is 5.10. The Bertz CT molecular complexity index is 3180. The van der Waals surface area contributed by atoms with Gasteiger partial charge in [0.25, 0.3) is 17.7 Å². The maximum Gasteiger partial charge on any atom is 0.410 e. The summed E-state index contributed by atoms with van der Waals surface area (Å²) < 4.78 is 77.2. The van der Waals surface area contributed by atoms with Crippen molar-refractivity contribution in [1.29, 1.82) is 0 Å². The highest BCUT2D eigenvalue weighted by Gasteiger charge is 2.60. The van der Waals surface area contributed by atoms with Gasteiger partial charge in [0.1, 0.15) is 46.7 Å². The first kappa shape index (κ1) is 72.6. The van der Waals surface area contributed by atoms with Gasteiger partial charge in [-0.1, -0.05) is 84.9 Å². The van der Waals surface area contributed by atoms with Gasteiger partial charge in [-0.3, -0.25) is 19.3 Å². The monoisotopic (exact) mass is 1300 g/mol. The van der Waals surface area contributed by atoms with Gasteiger partial charge in [0, 0.05) is 67.1 Å². The van der Waals surface area contributed by atoms with Crippen LogP contribution in [0.3, 0.4) is 0 Å². The topological polar surface area (TPSA) is 240 Å². The maximum absolute atomic E-state index is 15.8. The van der Waals surface area contributed by atoms with Crippen LogP contribution in [0.2, 0.25) is 0 Å². The lowest BCUT2D eigenvalue weighted by molar-refractivity contribution is -0.177. The smallest absolute Gasteiger partial charge is 0.410 e. The van der Waals surface area contributed by atoms with E-state index in [2.05, 4.69) is 0 Å². The van der Waals surface area contributed by atoms with Crippen LogP contribution in [0.15, 0.2) is 84.9 Å². The predicted molar refractivity (Wildman–Crippen MR) is 337 cm³/mol. The largest absolute Gasteiger partial charge is 0.458 e. The third-order valence-electron chi connectivity index (χ3n) is 17.4. The van der Waals surface area contributed by atoms with Crippen molar-refractivity contribution in [3.05, 3.63) is 113 Å². The zero-order valence-corrected chi connectivity index (χ0v) is 55.9. The average Bonchev–Trinajstić information content (AvgIpc) is 1.61. The normalized spacial score (nSPS) is 18.0. The summed E-state index contributed by atoms with van der Waals surface area (Å²) in [6.07, 6.45) is -4.06. The van der Waals surface area contributed by atoms with Gasteiger partial charge in [0.05, 0.1) is 13.2 Å². The Morgan fingerprint density at radius 1 is 0.559 bits per heavy atom. The molecule has 2 heterocycles. The van der Waals surface area contributed by atoms with Crippen LogP contribution in [0.1, 0.15) is 154 Å². The van der Waals surface area contributed by atoms with Gasteiger partial charge in [-0.2, -0.15) is 0 Å². The molecule has 3 aromatic rings. The first-order valence-corrected chi connectivity index (χ1v) is 31.8. The van der Waals surface area contributed by atoms with E-state index in [1.165, 1.54) is 69.7 Å². The van der Waals surface area contributed by atoms with Crippen molar-refractivity contribution in [2.75, 3.05) is 54.6 Å². The van der Waals surface area contributed by atoms with E-state index in [-0.39, 0.29) is 51.0 Å². The van der Waals surface area contributed by atoms with Crippen molar-refractivity contribution >= 4 is 59.2 Å². The molecule has 3 aromatic carbocycles. The molecule has 93 heavy (non-hydrogen) atoms. The van der Waals surface area contributed by atoms with E-state index in [1.54, 1.807) is 75.4 Å². The Hall–Kier alpha value is -7.79. The summed E-state index contributed by atoms with van der Waals surface area (Å²) in [6, 6.07) is 20.2. The number of alkyl halides is 2. The number of amides is 4. The fourth-order valence-corrected chi connectivity index (χ4v) is 11.4. The van der Waals surface area contributed by atoms with E-state index in [9.17, 15) is 38.4 Å². The Balaban J connectivity index is 1.08. The van der Waals surface area contributed by atoms with Gasteiger partial charge < -0.3 is 52.6 Å². The molecule has 2 saturated carbocycles. The van der Waals surface area contributed by atoms with Crippen LogP contribution in [-0.2, 0) is 95.7 Å². The van der Waals surface area contributed by atoms with Crippen LogP contribution in [0.5, 0.6) is 0 Å². The molecular formula is C70H92F2N4O17. The molecule has 0 bridgehead atoms. The van der Waals surface area contributed by atoms with E-state index in [1.807, 2.05) is 30.3 Å². The second-order valence-corrected chi connectivity index (χ2v) is 27.1. The van der Waals surface area contributed by atoms with Gasteiger partial charge in [0.2, 0.25) is 6.10 Å². The van der Waals surface area contributed by atoms with Gasteiger partial charge in [0.15, 0.2) is 18.3 Å². The molecule has 3 fully saturated rings. The molecule has 6 atom stereocenters. The van der Waals surface area contributed by atoms with Crippen molar-refractivity contribution in [3.63, 3.8) is 0 Å². The summed E-state index contributed by atoms with van der Waals surface area (Å²) in [5.41, 5.74) is -3.31. The number of ether oxygens (including phenoxy) is 8. The Labute approximate surface area is 544 Å². The number of likely N-dealkylation sites (N-methyl/N-ethyl adjacent to an activating group) is 4. The van der Waals surface area contributed by atoms with Crippen molar-refractivity contribution in [3.8, 4) is 0 Å². The van der Waals surface area contributed by atoms with E-state index >= 15 is 13.6 Å². The molecule has 23 heteroatoms. The molecular weight excluding hydrogens is 1210 g/mol. The Kier molecular flexibility index (Phi) is 23.8. The lowest BCUT2D eigenvalue weighted by Crippen LogP contribution is -2.55. The lowest BCUT2D eigenvalue weighted by atomic mass is 9.90. The number of hydrogen-bond acceptors (Lipinski definition) is 17. The van der Waals surface area contributed by atoms with Crippen LogP contribution in [0, 0.1) is 0 Å². The van der Waals surface area contributed by atoms with Crippen molar-refractivity contribution < 1.29 is 89.8 Å². The Morgan fingerprint density at radius 2 is 1.03 bits per heavy atom. The van der Waals surface area contributed by atoms with Gasteiger partial charge in [-0.05, 0) is 147 Å². The number of hydrogen-bond donors (Lipinski definition) is 0. The highest BCUT2D eigenvalue weighted by atomic mass is 19.1. The Morgan fingerprint density at radius 3 is 1.49 bits per heavy atom. The fourth-order valence-electron chi connectivity index (χ4n) is 11.4. The first-order chi connectivity index (χ1) is 43.6. The number of benzene rings is 3. The molecule has 508 valence electrons. The molecule has 1 unspecified atom stereocenters. The van der Waals surface area contributed by atoms with Gasteiger partial charge >= 0.3 is 35.9 Å². The van der Waals surface area contributed by atoms with E-state index in [0.29, 0.717) is 49.5 Å². The summed E-state index contributed by atoms with van der Waals surface area (Å²) in [5, 5.41) is 0. The molecule has 0 N–H and O–H groups in total. The summed E-state index contributed by atoms with van der Waals surface area (Å²) >= 11 is 0. The van der Waals surface area contributed by atoms with E-state index in [0.717, 1.165) is 49.1 Å². The number of carbonyl (C=O) groups excluding carboxylic acids is 9. The van der Waals surface area contributed by atoms with Crippen LogP contribution in [0.25, 0.3) is 5.57 Å². The second kappa shape index (κ2) is 30.5. The second-order valence-electron chi connectivity index (χ2n) is 27.1. The predicted octanol–water partition coefficient (Wildman–Crippen LogP) is 8.92. The van der Waals surface area contributed by atoms with Crippen LogP contribution in [0.4, 0.5) is 13.6 Å². The van der Waals surface area contributed by atoms with Crippen LogP contribution >= 0.6 is 0 Å². The van der Waals surface area contributed by atoms with Crippen molar-refractivity contribution in [2.24, 2.45) is 0 Å². The van der Waals surface area contributed by atoms with Crippen molar-refractivity contribution in [1.82, 2.24) is 19.6 Å². The van der Waals surface area contributed by atoms with Crippen molar-refractivity contribution in [2.45, 2.75) is 210 Å². The highest BCUT2D eigenvalue weighted by Crippen LogP contribution is 2.45. The summed E-state index contributed by atoms with van der Waals surface area (Å²) in [6.45, 7) is 14.4. The average molecular weight is 1300 g/mol. The summed E-state index contributed by atoms with van der Waals surface area (Å²) in [4.78, 5) is 132. The minimum atomic E-state index is -2.12. The number of nitrogens with zero attached hydrogens (tertiary/aromatic N) is 4. The minimum Gasteiger partial charge on any atom is -0.458 e. The zero-order chi connectivity index (χ0) is 68.4. The number of halogens is 2. The van der Waals surface area contributed by atoms with E-state index in [4.69, 9.17) is 37.9 Å². The van der Waals surface area contributed by atoms with Crippen LogP contribution in [-0.4, -0.2) is 192 Å². The molecule has 2 aliphatic carbocycles. The molecule has 2 aliphatic heterocycles. The quantitative estimate of drug-likeness (QED) is 0.0487. The molecule has 0 radical (unpaired) electrons. The van der Waals surface area contributed by atoms with Crippen LogP contribution < -0.4 is 0 Å². The first-order valence-electron chi connectivity index (χ1n) is 31.8. The molecule has 0 spiro atoms. The van der Waals surface area contributed by atoms with Gasteiger partial charge in [-0.25, -0.2) is 37.5 Å². The van der Waals surface area contributed by atoms with E-state index < -0.39 is 131 Å². The highest BCUT2D eigenvalue weighted by molar-refractivity contribution is 5.96. The zero-order valence-electron chi connectivity index (χ0n) is 55.9. The fraction of sp³-hybridized carbons (Fsp3) is 0.586. The maximum atomic E-state index is 15.8. The molecule has 4 amide bonds. The SMILES string of the molecule is C[C@@H](OC(=O)C1(N(C)C(=O)[C@@H](Cc2ccc(C3CCOCC3)cc2)OC(=O)[C@H](CC(C)(C)F)N(C)C(=O)[C@@H](C)OC(=O)C2(N(C)C(=O)OC(C)(C)C)CC2)CC1)C(=O)N(C)[C@H](CC(C)(C)F)C(=O)OC(Cc1ccc(C2=CCOCC2)cc1)C(=O)OCc1ccccc1. The third-order valence-corrected chi connectivity index (χ3v) is 17.4. The number of rotatable bonds is 28. The molecule has 0 aromatic heterocycles. The molecule has 21 nitrogen and oxygen atoms in total. The number of esters is 5. The molecule has 7 rings (SSSR count). The minimum absolute atomic E-state index is 0.0367. The third kappa shape index (κ3) is 19.6. The number of carbonyl (C=O) groups is 9. The molecule has 1 saturated heterocycles.